The van der Waals surface area contributed by atoms with E-state index >= 15 is 0 Å². The molecule has 0 saturated heterocycles. The lowest BCUT2D eigenvalue weighted by atomic mass is 10.0. The van der Waals surface area contributed by atoms with Gasteiger partial charge in [0.25, 0.3) is 0 Å². The molecule has 0 saturated carbocycles. The van der Waals surface area contributed by atoms with Gasteiger partial charge in [0.15, 0.2) is 0 Å². The van der Waals surface area contributed by atoms with Crippen LogP contribution in [-0.4, -0.2) is 7.05 Å². The minimum Gasteiger partial charge on any atom is -0.309 e. The molecule has 0 bridgehead atoms. The molecular weight excluding hydrogens is 314 g/mol. The molecule has 1 N–H and O–H groups in total. The molecule has 1 heterocycles. The first kappa shape index (κ1) is 15.3. The minimum atomic E-state index is -4.72. The lowest BCUT2D eigenvalue weighted by Gasteiger charge is -2.18. The van der Waals surface area contributed by atoms with Crippen LogP contribution in [0.4, 0.5) is 17.6 Å². The number of halogens is 5. The average molecular weight is 324 g/mol. The van der Waals surface area contributed by atoms with Gasteiger partial charge in [0, 0.05) is 4.88 Å². The Hall–Kier alpha value is -1.11. The molecule has 7 heteroatoms. The second-order valence-electron chi connectivity index (χ2n) is 4.09. The lowest BCUT2D eigenvalue weighted by molar-refractivity contribution is -0.140. The predicted molar refractivity (Wildman–Crippen MR) is 71.6 cm³/mol. The number of hydrogen-bond donors (Lipinski definition) is 1. The van der Waals surface area contributed by atoms with Crippen molar-refractivity contribution in [2.24, 2.45) is 0 Å². The molecule has 0 aliphatic heterocycles. The Morgan fingerprint density at radius 3 is 2.45 bits per heavy atom. The van der Waals surface area contributed by atoms with Crippen molar-refractivity contribution >= 4 is 22.9 Å². The molecule has 0 amide bonds. The van der Waals surface area contributed by atoms with E-state index in [9.17, 15) is 17.6 Å². The van der Waals surface area contributed by atoms with Crippen LogP contribution in [0.25, 0.3) is 0 Å². The maximum atomic E-state index is 13.3. The molecule has 0 radical (unpaired) electrons. The quantitative estimate of drug-likeness (QED) is 0.795. The molecule has 1 aromatic carbocycles. The van der Waals surface area contributed by atoms with Crippen LogP contribution in [0, 0.1) is 5.82 Å². The molecule has 108 valence electrons. The van der Waals surface area contributed by atoms with Gasteiger partial charge in [-0.15, -0.1) is 11.3 Å². The Morgan fingerprint density at radius 2 is 1.95 bits per heavy atom. The van der Waals surface area contributed by atoms with Gasteiger partial charge in [-0.1, -0.05) is 17.7 Å². The Morgan fingerprint density at radius 1 is 1.25 bits per heavy atom. The number of nitrogens with one attached hydrogen (secondary N) is 1. The maximum Gasteiger partial charge on any atom is 0.419 e. The van der Waals surface area contributed by atoms with E-state index in [-0.39, 0.29) is 0 Å². The predicted octanol–water partition coefficient (Wildman–Crippen LogP) is 4.87. The summed E-state index contributed by atoms with van der Waals surface area (Å²) in [5, 5.41) is 5.11. The smallest absolute Gasteiger partial charge is 0.309 e. The van der Waals surface area contributed by atoms with E-state index in [2.05, 4.69) is 5.32 Å². The Labute approximate surface area is 122 Å². The number of hydrogen-bond acceptors (Lipinski definition) is 2. The summed E-state index contributed by atoms with van der Waals surface area (Å²) in [4.78, 5) is 0.689. The number of benzene rings is 1. The first-order chi connectivity index (χ1) is 9.34. The first-order valence-corrected chi connectivity index (χ1v) is 6.87. The largest absolute Gasteiger partial charge is 0.419 e. The van der Waals surface area contributed by atoms with Crippen molar-refractivity contribution in [1.82, 2.24) is 5.32 Å². The van der Waals surface area contributed by atoms with Crippen molar-refractivity contribution < 1.29 is 17.6 Å². The fraction of sp³-hybridized carbons (Fsp3) is 0.231. The Balaban J connectivity index is 2.49. The second-order valence-corrected chi connectivity index (χ2v) is 5.45. The van der Waals surface area contributed by atoms with Gasteiger partial charge >= 0.3 is 6.18 Å². The van der Waals surface area contributed by atoms with Gasteiger partial charge in [-0.3, -0.25) is 0 Å². The standard InChI is InChI=1S/C13H10ClF4NS/c1-19-11(12-9(14)4-5-20-12)7-2-3-10(15)8(6-7)13(16,17)18/h2-6,11,19H,1H3. The first-order valence-electron chi connectivity index (χ1n) is 5.61. The van der Waals surface area contributed by atoms with E-state index in [1.165, 1.54) is 17.4 Å². The molecule has 0 aliphatic carbocycles. The lowest BCUT2D eigenvalue weighted by Crippen LogP contribution is -2.18. The van der Waals surface area contributed by atoms with Crippen LogP contribution in [0.15, 0.2) is 29.6 Å². The van der Waals surface area contributed by atoms with Crippen LogP contribution in [0.5, 0.6) is 0 Å². The molecule has 2 aromatic rings. The summed E-state index contributed by atoms with van der Waals surface area (Å²) in [5.74, 6) is -1.28. The summed E-state index contributed by atoms with van der Waals surface area (Å²) < 4.78 is 51.5. The zero-order valence-corrected chi connectivity index (χ0v) is 11.8. The van der Waals surface area contributed by atoms with Crippen molar-refractivity contribution in [2.75, 3.05) is 7.05 Å². The van der Waals surface area contributed by atoms with Crippen LogP contribution in [0.2, 0.25) is 5.02 Å². The van der Waals surface area contributed by atoms with Gasteiger partial charge in [0.1, 0.15) is 5.82 Å². The summed E-state index contributed by atoms with van der Waals surface area (Å²) in [5.41, 5.74) is -0.964. The van der Waals surface area contributed by atoms with E-state index in [4.69, 9.17) is 11.6 Å². The molecule has 1 unspecified atom stereocenters. The van der Waals surface area contributed by atoms with Gasteiger partial charge in [0.05, 0.1) is 16.6 Å². The van der Waals surface area contributed by atoms with Crippen LogP contribution < -0.4 is 5.32 Å². The molecular formula is C13H10ClF4NS. The monoisotopic (exact) mass is 323 g/mol. The minimum absolute atomic E-state index is 0.311. The van der Waals surface area contributed by atoms with Crippen molar-refractivity contribution in [3.05, 3.63) is 56.5 Å². The maximum absolute atomic E-state index is 13.3. The fourth-order valence-electron chi connectivity index (χ4n) is 1.90. The topological polar surface area (TPSA) is 12.0 Å². The molecule has 0 aliphatic rings. The molecule has 0 fully saturated rings. The van der Waals surface area contributed by atoms with Crippen LogP contribution in [0.1, 0.15) is 22.0 Å². The van der Waals surface area contributed by atoms with E-state index in [0.717, 1.165) is 12.1 Å². The molecule has 2 rings (SSSR count). The van der Waals surface area contributed by atoms with Crippen LogP contribution in [0.3, 0.4) is 0 Å². The second kappa shape index (κ2) is 5.71. The summed E-state index contributed by atoms with van der Waals surface area (Å²) >= 11 is 7.32. The summed E-state index contributed by atoms with van der Waals surface area (Å²) in [6.45, 7) is 0. The van der Waals surface area contributed by atoms with Crippen LogP contribution >= 0.6 is 22.9 Å². The van der Waals surface area contributed by atoms with Crippen LogP contribution in [-0.2, 0) is 6.18 Å². The van der Waals surface area contributed by atoms with Gasteiger partial charge in [-0.05, 0) is 36.2 Å². The molecule has 1 nitrogen and oxygen atoms in total. The van der Waals surface area contributed by atoms with E-state index in [0.29, 0.717) is 15.5 Å². The molecule has 0 spiro atoms. The van der Waals surface area contributed by atoms with E-state index in [1.54, 1.807) is 18.5 Å². The van der Waals surface area contributed by atoms with Gasteiger partial charge in [-0.25, -0.2) is 4.39 Å². The van der Waals surface area contributed by atoms with Crippen molar-refractivity contribution in [2.45, 2.75) is 12.2 Å². The summed E-state index contributed by atoms with van der Waals surface area (Å²) in [7, 11) is 1.61. The van der Waals surface area contributed by atoms with Crippen molar-refractivity contribution in [3.63, 3.8) is 0 Å². The Bertz CT molecular complexity index is 609. The highest BCUT2D eigenvalue weighted by Gasteiger charge is 2.35. The third kappa shape index (κ3) is 2.97. The number of thiophene rings is 1. The van der Waals surface area contributed by atoms with Crippen molar-refractivity contribution in [3.8, 4) is 0 Å². The van der Waals surface area contributed by atoms with Gasteiger partial charge in [0.2, 0.25) is 0 Å². The highest BCUT2D eigenvalue weighted by atomic mass is 35.5. The molecule has 1 aromatic heterocycles. The molecule has 20 heavy (non-hydrogen) atoms. The molecule has 1 atom stereocenters. The third-order valence-corrected chi connectivity index (χ3v) is 4.25. The summed E-state index contributed by atoms with van der Waals surface area (Å²) in [6, 6.07) is 4.11. The number of alkyl halides is 3. The normalized spacial score (nSPS) is 13.5. The zero-order valence-electron chi connectivity index (χ0n) is 10.3. The number of rotatable bonds is 3. The van der Waals surface area contributed by atoms with Gasteiger partial charge < -0.3 is 5.32 Å². The van der Waals surface area contributed by atoms with E-state index in [1.807, 2.05) is 0 Å². The summed E-state index contributed by atoms with van der Waals surface area (Å²) in [6.07, 6.45) is -4.72. The van der Waals surface area contributed by atoms with Gasteiger partial charge in [-0.2, -0.15) is 13.2 Å². The highest BCUT2D eigenvalue weighted by molar-refractivity contribution is 7.10. The third-order valence-electron chi connectivity index (χ3n) is 2.82. The van der Waals surface area contributed by atoms with E-state index < -0.39 is 23.6 Å². The Kier molecular flexibility index (Phi) is 4.36. The zero-order chi connectivity index (χ0) is 14.9. The average Bonchev–Trinajstić information content (AvgIpc) is 2.77. The SMILES string of the molecule is CNC(c1ccc(F)c(C(F)(F)F)c1)c1sccc1Cl. The highest BCUT2D eigenvalue weighted by Crippen LogP contribution is 2.36. The fourth-order valence-corrected chi connectivity index (χ4v) is 3.20. The van der Waals surface area contributed by atoms with Crippen molar-refractivity contribution in [1.29, 1.82) is 0 Å².